The van der Waals surface area contributed by atoms with Gasteiger partial charge in [-0.3, -0.25) is 0 Å². The van der Waals surface area contributed by atoms with Gasteiger partial charge in [0.25, 0.3) is 0 Å². The molecule has 164 valence electrons. The molecule has 1 aromatic heterocycles. The zero-order valence-corrected chi connectivity index (χ0v) is 19.3. The number of rotatable bonds is 5. The molecule has 0 saturated carbocycles. The molecule has 0 N–H and O–H groups in total. The number of piperidine rings is 1. The summed E-state index contributed by atoms with van der Waals surface area (Å²) >= 11 is 0. The molecular weight excluding hydrogens is 398 g/mol. The van der Waals surface area contributed by atoms with Crippen molar-refractivity contribution in [3.63, 3.8) is 0 Å². The van der Waals surface area contributed by atoms with Gasteiger partial charge in [-0.1, -0.05) is 19.1 Å². The number of hydrogen-bond acceptors (Lipinski definition) is 5. The van der Waals surface area contributed by atoms with Gasteiger partial charge < -0.3 is 9.47 Å². The van der Waals surface area contributed by atoms with Crippen LogP contribution in [0.4, 0.5) is 0 Å². The summed E-state index contributed by atoms with van der Waals surface area (Å²) in [6.07, 6.45) is 4.56. The fourth-order valence-electron chi connectivity index (χ4n) is 5.11. The smallest absolute Gasteiger partial charge is 0.243 e. The highest BCUT2D eigenvalue weighted by Crippen LogP contribution is 2.50. The van der Waals surface area contributed by atoms with E-state index in [2.05, 4.69) is 35.9 Å². The van der Waals surface area contributed by atoms with E-state index >= 15 is 0 Å². The van der Waals surface area contributed by atoms with Crippen LogP contribution in [0.5, 0.6) is 0 Å². The first-order valence-electron chi connectivity index (χ1n) is 10.9. The first kappa shape index (κ1) is 21.5. The Morgan fingerprint density at radius 1 is 1.17 bits per heavy atom. The highest BCUT2D eigenvalue weighted by atomic mass is 32.2. The van der Waals surface area contributed by atoms with Crippen LogP contribution in [0.25, 0.3) is 0 Å². The zero-order valence-electron chi connectivity index (χ0n) is 18.5. The Bertz CT molecular complexity index is 975. The third kappa shape index (κ3) is 3.69. The van der Waals surface area contributed by atoms with Crippen molar-refractivity contribution < 1.29 is 8.42 Å². The van der Waals surface area contributed by atoms with Crippen molar-refractivity contribution >= 4 is 10.0 Å². The Labute approximate surface area is 180 Å². The lowest BCUT2D eigenvalue weighted by Crippen LogP contribution is -2.46. The molecule has 0 radical (unpaired) electrons. The Balaban J connectivity index is 1.66. The van der Waals surface area contributed by atoms with E-state index in [0.29, 0.717) is 24.0 Å². The number of aromatic nitrogens is 3. The van der Waals surface area contributed by atoms with Gasteiger partial charge in [-0.2, -0.15) is 4.31 Å². The molecule has 4 rings (SSSR count). The summed E-state index contributed by atoms with van der Waals surface area (Å²) in [7, 11) is -1.59. The van der Waals surface area contributed by atoms with Gasteiger partial charge in [0.15, 0.2) is 0 Å². The van der Waals surface area contributed by atoms with Crippen molar-refractivity contribution in [1.29, 1.82) is 0 Å². The highest BCUT2D eigenvalue weighted by Gasteiger charge is 2.53. The lowest BCUT2D eigenvalue weighted by atomic mass is 9.70. The number of hydrogen-bond donors (Lipinski definition) is 0. The average Bonchev–Trinajstić information content (AvgIpc) is 3.32. The van der Waals surface area contributed by atoms with Crippen LogP contribution in [0.2, 0.25) is 0 Å². The van der Waals surface area contributed by atoms with Crippen LogP contribution in [0.3, 0.4) is 0 Å². The van der Waals surface area contributed by atoms with E-state index in [-0.39, 0.29) is 11.3 Å². The molecule has 7 nitrogen and oxygen atoms in total. The van der Waals surface area contributed by atoms with E-state index in [1.165, 1.54) is 0 Å². The summed E-state index contributed by atoms with van der Waals surface area (Å²) in [5.41, 5.74) is 1.05. The molecule has 1 unspecified atom stereocenters. The molecule has 2 aliphatic heterocycles. The molecule has 3 heterocycles. The quantitative estimate of drug-likeness (QED) is 0.728. The number of aryl methyl sites for hydroxylation is 2. The summed E-state index contributed by atoms with van der Waals surface area (Å²) in [5.74, 6) is 0.955. The van der Waals surface area contributed by atoms with Crippen molar-refractivity contribution in [3.8, 4) is 0 Å². The zero-order chi connectivity index (χ0) is 21.5. The number of sulfonamides is 1. The van der Waals surface area contributed by atoms with Gasteiger partial charge in [0.1, 0.15) is 12.2 Å². The van der Waals surface area contributed by atoms with Gasteiger partial charge in [-0.15, -0.1) is 10.2 Å². The van der Waals surface area contributed by atoms with Crippen molar-refractivity contribution in [1.82, 2.24) is 24.0 Å². The van der Waals surface area contributed by atoms with Crippen LogP contribution >= 0.6 is 0 Å². The lowest BCUT2D eigenvalue weighted by molar-refractivity contribution is 0.0791. The second kappa shape index (κ2) is 8.05. The molecule has 2 fully saturated rings. The van der Waals surface area contributed by atoms with Crippen molar-refractivity contribution in [2.24, 2.45) is 12.5 Å². The second-order valence-corrected chi connectivity index (χ2v) is 11.1. The average molecular weight is 432 g/mol. The summed E-state index contributed by atoms with van der Waals surface area (Å²) in [6, 6.07) is 7.84. The minimum atomic E-state index is -3.54. The van der Waals surface area contributed by atoms with Crippen LogP contribution in [0.1, 0.15) is 50.9 Å². The molecule has 1 spiro atoms. The van der Waals surface area contributed by atoms with Crippen LogP contribution in [-0.4, -0.2) is 64.6 Å². The van der Waals surface area contributed by atoms with Crippen LogP contribution in [0, 0.1) is 5.41 Å². The van der Waals surface area contributed by atoms with Crippen LogP contribution < -0.4 is 0 Å². The van der Waals surface area contributed by atoms with Crippen molar-refractivity contribution in [2.75, 3.05) is 26.2 Å². The summed E-state index contributed by atoms with van der Waals surface area (Å²) in [5, 5.41) is 8.48. The first-order valence-corrected chi connectivity index (χ1v) is 12.4. The van der Waals surface area contributed by atoms with Gasteiger partial charge >= 0.3 is 0 Å². The molecule has 0 bridgehead atoms. The molecule has 8 heteroatoms. The lowest BCUT2D eigenvalue weighted by Gasteiger charge is -2.43. The summed E-state index contributed by atoms with van der Waals surface area (Å²) < 4.78 is 30.7. The molecule has 2 aromatic rings. The second-order valence-electron chi connectivity index (χ2n) is 9.14. The molecule has 2 aliphatic rings. The number of likely N-dealkylation sites (tertiary alicyclic amines) is 1. The minimum absolute atomic E-state index is 0.0593. The maximum Gasteiger partial charge on any atom is 0.243 e. The molecule has 30 heavy (non-hydrogen) atoms. The monoisotopic (exact) mass is 431 g/mol. The van der Waals surface area contributed by atoms with Crippen LogP contribution in [0.15, 0.2) is 35.5 Å². The van der Waals surface area contributed by atoms with E-state index < -0.39 is 10.0 Å². The molecule has 1 aromatic carbocycles. The van der Waals surface area contributed by atoms with Gasteiger partial charge in [0.05, 0.1) is 4.90 Å². The minimum Gasteiger partial charge on any atom is -0.320 e. The maximum absolute atomic E-state index is 13.5. The van der Waals surface area contributed by atoms with Crippen molar-refractivity contribution in [2.45, 2.75) is 56.9 Å². The third-order valence-electron chi connectivity index (χ3n) is 7.17. The molecule has 2 saturated heterocycles. The maximum atomic E-state index is 13.5. The van der Waals surface area contributed by atoms with Gasteiger partial charge in [0.2, 0.25) is 10.0 Å². The van der Waals surface area contributed by atoms with E-state index in [9.17, 15) is 8.42 Å². The SMILES string of the molecule is CCc1ccc(S(=O)(=O)N2CC(c3nncn3C)C3(CCN(C(C)C)CC3)C2)cc1. The molecular formula is C22H33N5O2S. The van der Waals surface area contributed by atoms with Gasteiger partial charge in [-0.25, -0.2) is 8.42 Å². The Hall–Kier alpha value is -1.77. The van der Waals surface area contributed by atoms with E-state index in [1.807, 2.05) is 23.7 Å². The topological polar surface area (TPSA) is 71.3 Å². The van der Waals surface area contributed by atoms with Gasteiger partial charge in [-0.05, 0) is 69.3 Å². The third-order valence-corrected chi connectivity index (χ3v) is 8.99. The Morgan fingerprint density at radius 3 is 2.37 bits per heavy atom. The standard InChI is InChI=1S/C22H33N5O2S/c1-5-18-6-8-19(9-7-18)30(28,29)27-14-20(21-24-23-16-25(21)4)22(15-27)10-12-26(13-11-22)17(2)3/h6-9,16-17,20H,5,10-15H2,1-4H3. The van der Waals surface area contributed by atoms with Gasteiger partial charge in [0, 0.05) is 32.1 Å². The van der Waals surface area contributed by atoms with E-state index in [0.717, 1.165) is 43.7 Å². The Morgan fingerprint density at radius 2 is 1.83 bits per heavy atom. The summed E-state index contributed by atoms with van der Waals surface area (Å²) in [6.45, 7) is 9.52. The van der Waals surface area contributed by atoms with E-state index in [1.54, 1.807) is 22.8 Å². The normalized spacial score (nSPS) is 22.9. The first-order chi connectivity index (χ1) is 14.3. The fourth-order valence-corrected chi connectivity index (χ4v) is 6.66. The Kier molecular flexibility index (Phi) is 5.76. The molecule has 0 aliphatic carbocycles. The van der Waals surface area contributed by atoms with Crippen molar-refractivity contribution in [3.05, 3.63) is 42.0 Å². The molecule has 0 amide bonds. The predicted octanol–water partition coefficient (Wildman–Crippen LogP) is 2.66. The number of benzene rings is 1. The largest absolute Gasteiger partial charge is 0.320 e. The predicted molar refractivity (Wildman–Crippen MR) is 117 cm³/mol. The highest BCUT2D eigenvalue weighted by molar-refractivity contribution is 7.89. The van der Waals surface area contributed by atoms with E-state index in [4.69, 9.17) is 0 Å². The summed E-state index contributed by atoms with van der Waals surface area (Å²) in [4.78, 5) is 2.87. The number of nitrogens with zero attached hydrogens (tertiary/aromatic N) is 5. The van der Waals surface area contributed by atoms with Crippen LogP contribution in [-0.2, 0) is 23.5 Å². The molecule has 1 atom stereocenters. The fraction of sp³-hybridized carbons (Fsp3) is 0.636.